The maximum atomic E-state index is 5.62. The van der Waals surface area contributed by atoms with Crippen LogP contribution in [0.15, 0.2) is 18.2 Å². The Balaban J connectivity index is 0.000000810. The molecule has 0 unspecified atom stereocenters. The van der Waals surface area contributed by atoms with Crippen molar-refractivity contribution >= 4 is 5.69 Å². The van der Waals surface area contributed by atoms with Crippen molar-refractivity contribution in [2.45, 2.75) is 13.8 Å². The smallest absolute Gasteiger partial charge is 0.0346 e. The first kappa shape index (κ1) is 8.98. The summed E-state index contributed by atoms with van der Waals surface area (Å²) in [5, 5.41) is 0. The van der Waals surface area contributed by atoms with Gasteiger partial charge in [0, 0.05) is 5.69 Å². The van der Waals surface area contributed by atoms with Crippen LogP contribution in [-0.4, -0.2) is 0 Å². The van der Waals surface area contributed by atoms with Gasteiger partial charge in [-0.3, -0.25) is 0 Å². The maximum absolute atomic E-state index is 5.62. The van der Waals surface area contributed by atoms with E-state index in [0.717, 1.165) is 5.69 Å². The van der Waals surface area contributed by atoms with Crippen LogP contribution in [0.2, 0.25) is 0 Å². The molecule has 0 heterocycles. The predicted molar refractivity (Wildman–Crippen MR) is 45.4 cm³/mol. The van der Waals surface area contributed by atoms with Gasteiger partial charge in [-0.25, -0.2) is 0 Å². The van der Waals surface area contributed by atoms with Gasteiger partial charge in [-0.05, 0) is 31.0 Å². The lowest BCUT2D eigenvalue weighted by Crippen LogP contribution is -1.90. The third-order valence-corrected chi connectivity index (χ3v) is 1.65. The minimum absolute atomic E-state index is 0. The molecule has 0 aliphatic rings. The standard InChI is InChI=1S/C8H11N.H3N/c1-6-4-3-5-8(9)7(6)2;/h3-5H,9H2,1-2H3;1H3. The van der Waals surface area contributed by atoms with E-state index < -0.39 is 0 Å². The van der Waals surface area contributed by atoms with Gasteiger partial charge in [-0.15, -0.1) is 0 Å². The Morgan fingerprint density at radius 3 is 2.20 bits per heavy atom. The largest absolute Gasteiger partial charge is 0.399 e. The number of nitrogens with two attached hydrogens (primary N) is 1. The summed E-state index contributed by atoms with van der Waals surface area (Å²) in [4.78, 5) is 0. The van der Waals surface area contributed by atoms with Gasteiger partial charge in [0.05, 0.1) is 0 Å². The number of aryl methyl sites for hydroxylation is 1. The maximum Gasteiger partial charge on any atom is 0.0346 e. The van der Waals surface area contributed by atoms with Crippen molar-refractivity contribution in [2.75, 3.05) is 5.73 Å². The van der Waals surface area contributed by atoms with Crippen molar-refractivity contribution in [3.8, 4) is 0 Å². The second-order valence-corrected chi connectivity index (χ2v) is 2.29. The molecule has 2 heteroatoms. The van der Waals surface area contributed by atoms with E-state index in [-0.39, 0.29) is 6.15 Å². The van der Waals surface area contributed by atoms with Crippen LogP contribution in [0.1, 0.15) is 11.1 Å². The number of benzene rings is 1. The molecule has 0 aromatic heterocycles. The van der Waals surface area contributed by atoms with E-state index in [0.29, 0.717) is 0 Å². The first-order valence-corrected chi connectivity index (χ1v) is 3.03. The van der Waals surface area contributed by atoms with Crippen LogP contribution in [0, 0.1) is 13.8 Å². The fraction of sp³-hybridized carbons (Fsp3) is 0.250. The highest BCUT2D eigenvalue weighted by Crippen LogP contribution is 2.13. The average Bonchev–Trinajstić information content (AvgIpc) is 1.83. The number of nitrogen functional groups attached to an aromatic ring is 1. The molecule has 10 heavy (non-hydrogen) atoms. The first-order valence-electron chi connectivity index (χ1n) is 3.03. The van der Waals surface area contributed by atoms with Gasteiger partial charge >= 0.3 is 0 Å². The molecule has 0 fully saturated rings. The van der Waals surface area contributed by atoms with Crippen molar-refractivity contribution in [1.29, 1.82) is 0 Å². The number of rotatable bonds is 0. The zero-order valence-electron chi connectivity index (χ0n) is 6.52. The fourth-order valence-corrected chi connectivity index (χ4v) is 0.774. The molecule has 0 bridgehead atoms. The summed E-state index contributed by atoms with van der Waals surface area (Å²) in [6.45, 7) is 4.09. The van der Waals surface area contributed by atoms with Gasteiger partial charge in [0.2, 0.25) is 0 Å². The third-order valence-electron chi connectivity index (χ3n) is 1.65. The Kier molecular flexibility index (Phi) is 2.90. The quantitative estimate of drug-likeness (QED) is 0.539. The molecule has 0 saturated heterocycles. The minimum atomic E-state index is 0. The molecule has 1 rings (SSSR count). The summed E-state index contributed by atoms with van der Waals surface area (Å²) in [6, 6.07) is 5.95. The fourth-order valence-electron chi connectivity index (χ4n) is 0.774. The molecule has 0 radical (unpaired) electrons. The van der Waals surface area contributed by atoms with Crippen LogP contribution in [0.3, 0.4) is 0 Å². The summed E-state index contributed by atoms with van der Waals surface area (Å²) in [5.74, 6) is 0. The molecule has 0 amide bonds. The Hall–Kier alpha value is -1.02. The predicted octanol–water partition coefficient (Wildman–Crippen LogP) is 2.05. The second kappa shape index (κ2) is 3.22. The van der Waals surface area contributed by atoms with Crippen molar-refractivity contribution in [3.63, 3.8) is 0 Å². The summed E-state index contributed by atoms with van der Waals surface area (Å²) >= 11 is 0. The van der Waals surface area contributed by atoms with E-state index in [4.69, 9.17) is 5.73 Å². The zero-order chi connectivity index (χ0) is 6.85. The molecule has 2 nitrogen and oxygen atoms in total. The molecule has 0 atom stereocenters. The third kappa shape index (κ3) is 1.48. The second-order valence-electron chi connectivity index (χ2n) is 2.29. The van der Waals surface area contributed by atoms with Crippen molar-refractivity contribution in [3.05, 3.63) is 29.3 Å². The van der Waals surface area contributed by atoms with Crippen LogP contribution in [0.25, 0.3) is 0 Å². The lowest BCUT2D eigenvalue weighted by atomic mass is 10.1. The highest BCUT2D eigenvalue weighted by Gasteiger charge is 1.92. The normalized spacial score (nSPS) is 8.60. The number of hydrogen-bond acceptors (Lipinski definition) is 2. The minimum Gasteiger partial charge on any atom is -0.399 e. The SMILES string of the molecule is Cc1cccc(N)c1C.N. The van der Waals surface area contributed by atoms with E-state index in [1.54, 1.807) is 0 Å². The van der Waals surface area contributed by atoms with Crippen LogP contribution in [-0.2, 0) is 0 Å². The molecule has 0 saturated carbocycles. The van der Waals surface area contributed by atoms with Gasteiger partial charge in [0.25, 0.3) is 0 Å². The van der Waals surface area contributed by atoms with Crippen LogP contribution < -0.4 is 11.9 Å². The monoisotopic (exact) mass is 138 g/mol. The Bertz CT molecular complexity index is 198. The molecule has 0 spiro atoms. The lowest BCUT2D eigenvalue weighted by Gasteiger charge is -2.00. The van der Waals surface area contributed by atoms with Gasteiger partial charge in [0.1, 0.15) is 0 Å². The first-order chi connectivity index (χ1) is 4.22. The van der Waals surface area contributed by atoms with Crippen molar-refractivity contribution < 1.29 is 0 Å². The highest BCUT2D eigenvalue weighted by molar-refractivity contribution is 5.49. The van der Waals surface area contributed by atoms with E-state index in [1.165, 1.54) is 11.1 Å². The van der Waals surface area contributed by atoms with Crippen molar-refractivity contribution in [1.82, 2.24) is 6.15 Å². The molecule has 1 aromatic carbocycles. The van der Waals surface area contributed by atoms with Gasteiger partial charge in [-0.2, -0.15) is 0 Å². The van der Waals surface area contributed by atoms with Crippen LogP contribution in [0.4, 0.5) is 5.69 Å². The van der Waals surface area contributed by atoms with E-state index in [9.17, 15) is 0 Å². The van der Waals surface area contributed by atoms with E-state index in [1.807, 2.05) is 19.1 Å². The van der Waals surface area contributed by atoms with Gasteiger partial charge < -0.3 is 11.9 Å². The summed E-state index contributed by atoms with van der Waals surface area (Å²) < 4.78 is 0. The number of anilines is 1. The molecule has 0 aliphatic heterocycles. The van der Waals surface area contributed by atoms with Crippen LogP contribution >= 0.6 is 0 Å². The molecular weight excluding hydrogens is 124 g/mol. The van der Waals surface area contributed by atoms with Crippen LogP contribution in [0.5, 0.6) is 0 Å². The van der Waals surface area contributed by atoms with E-state index in [2.05, 4.69) is 13.0 Å². The summed E-state index contributed by atoms with van der Waals surface area (Å²) in [7, 11) is 0. The molecule has 56 valence electrons. The average molecular weight is 138 g/mol. The Labute approximate surface area is 61.6 Å². The molecule has 0 aliphatic carbocycles. The zero-order valence-corrected chi connectivity index (χ0v) is 6.52. The van der Waals surface area contributed by atoms with Crippen molar-refractivity contribution in [2.24, 2.45) is 0 Å². The van der Waals surface area contributed by atoms with E-state index >= 15 is 0 Å². The Morgan fingerprint density at radius 1 is 1.20 bits per heavy atom. The topological polar surface area (TPSA) is 61.0 Å². The molecular formula is C8H14N2. The Morgan fingerprint density at radius 2 is 1.80 bits per heavy atom. The lowest BCUT2D eigenvalue weighted by molar-refractivity contribution is 1.35. The number of hydrogen-bond donors (Lipinski definition) is 2. The molecule has 5 N–H and O–H groups in total. The summed E-state index contributed by atoms with van der Waals surface area (Å²) in [5.41, 5.74) is 8.96. The summed E-state index contributed by atoms with van der Waals surface area (Å²) in [6.07, 6.45) is 0. The van der Waals surface area contributed by atoms with Gasteiger partial charge in [-0.1, -0.05) is 12.1 Å². The van der Waals surface area contributed by atoms with Gasteiger partial charge in [0.15, 0.2) is 0 Å². The molecule has 1 aromatic rings. The highest BCUT2D eigenvalue weighted by atomic mass is 14.5.